The molecule has 7 heteroatoms. The van der Waals surface area contributed by atoms with E-state index in [4.69, 9.17) is 0 Å². The second-order valence-electron chi connectivity index (χ2n) is 5.83. The Morgan fingerprint density at radius 3 is 2.86 bits per heavy atom. The quantitative estimate of drug-likeness (QED) is 0.890. The lowest BCUT2D eigenvalue weighted by Gasteiger charge is -2.31. The number of nitrogens with zero attached hydrogens (tertiary/aromatic N) is 1. The fourth-order valence-corrected chi connectivity index (χ4v) is 7.01. The van der Waals surface area contributed by atoms with Crippen molar-refractivity contribution in [2.24, 2.45) is 0 Å². The molecule has 0 amide bonds. The van der Waals surface area contributed by atoms with E-state index >= 15 is 0 Å². The third kappa shape index (κ3) is 3.47. The number of nitrogens with one attached hydrogen (secondary N) is 1. The van der Waals surface area contributed by atoms with Crippen LogP contribution in [0.25, 0.3) is 0 Å². The zero-order valence-electron chi connectivity index (χ0n) is 12.5. The van der Waals surface area contributed by atoms with E-state index in [1.54, 1.807) is 15.6 Å². The molecular weight excluding hydrogens is 324 g/mol. The summed E-state index contributed by atoms with van der Waals surface area (Å²) in [5, 5.41) is 3.45. The molecule has 1 aromatic heterocycles. The summed E-state index contributed by atoms with van der Waals surface area (Å²) in [5.41, 5.74) is 0. The van der Waals surface area contributed by atoms with Crippen molar-refractivity contribution in [3.63, 3.8) is 0 Å². The zero-order chi connectivity index (χ0) is 15.0. The molecule has 0 bridgehead atoms. The number of thioether (sulfide) groups is 1. The summed E-state index contributed by atoms with van der Waals surface area (Å²) >= 11 is 3.43. The number of aryl methyl sites for hydroxylation is 1. The Kier molecular flexibility index (Phi) is 4.66. The molecule has 1 atom stereocenters. The summed E-state index contributed by atoms with van der Waals surface area (Å²) < 4.78 is 27.4. The third-order valence-corrected chi connectivity index (χ3v) is 8.47. The van der Waals surface area contributed by atoms with Gasteiger partial charge in [0.05, 0.1) is 4.90 Å². The van der Waals surface area contributed by atoms with Crippen molar-refractivity contribution in [1.29, 1.82) is 0 Å². The van der Waals surface area contributed by atoms with Crippen LogP contribution in [-0.4, -0.2) is 42.9 Å². The van der Waals surface area contributed by atoms with Gasteiger partial charge in [0.2, 0.25) is 10.0 Å². The average molecular weight is 347 g/mol. The normalized spacial score (nSPS) is 24.4. The van der Waals surface area contributed by atoms with Gasteiger partial charge in [-0.15, -0.1) is 11.3 Å². The first-order valence-electron chi connectivity index (χ1n) is 7.41. The Bertz CT molecular complexity index is 608. The van der Waals surface area contributed by atoms with Gasteiger partial charge in [0.25, 0.3) is 0 Å². The third-order valence-electron chi connectivity index (χ3n) is 3.96. The van der Waals surface area contributed by atoms with Crippen LogP contribution in [0.15, 0.2) is 11.0 Å². The predicted molar refractivity (Wildman–Crippen MR) is 89.6 cm³/mol. The molecule has 1 saturated heterocycles. The molecule has 1 unspecified atom stereocenters. The first-order valence-corrected chi connectivity index (χ1v) is 10.8. The summed E-state index contributed by atoms with van der Waals surface area (Å²) in [7, 11) is -3.34. The second-order valence-corrected chi connectivity index (χ2v) is 10.2. The molecule has 2 fully saturated rings. The second kappa shape index (κ2) is 6.20. The van der Waals surface area contributed by atoms with Gasteiger partial charge in [0.15, 0.2) is 0 Å². The fraction of sp³-hybridized carbons (Fsp3) is 0.714. The number of thiophene rings is 1. The standard InChI is InChI=1S/C14H22N2O2S3/c1-10-9-19-6-5-16(10)21(17,18)14-7-13(20-11(14)2)8-15-12-3-4-12/h7,10,12,15H,3-6,8-9H2,1-2H3. The van der Waals surface area contributed by atoms with E-state index in [2.05, 4.69) is 5.32 Å². The van der Waals surface area contributed by atoms with Gasteiger partial charge < -0.3 is 5.32 Å². The van der Waals surface area contributed by atoms with Gasteiger partial charge in [-0.1, -0.05) is 0 Å². The van der Waals surface area contributed by atoms with Crippen molar-refractivity contribution in [2.45, 2.75) is 50.2 Å². The minimum Gasteiger partial charge on any atom is -0.309 e. The van der Waals surface area contributed by atoms with Crippen LogP contribution in [0.5, 0.6) is 0 Å². The smallest absolute Gasteiger partial charge is 0.244 e. The number of hydrogen-bond donors (Lipinski definition) is 1. The molecule has 2 aliphatic rings. The van der Waals surface area contributed by atoms with E-state index in [1.807, 2.05) is 31.7 Å². The molecule has 0 aromatic carbocycles. The maximum atomic E-state index is 12.9. The molecule has 3 rings (SSSR count). The molecule has 1 N–H and O–H groups in total. The van der Waals surface area contributed by atoms with Gasteiger partial charge in [0, 0.05) is 46.4 Å². The van der Waals surface area contributed by atoms with Crippen LogP contribution in [0.2, 0.25) is 0 Å². The summed E-state index contributed by atoms with van der Waals surface area (Å²) in [5.74, 6) is 1.78. The highest BCUT2D eigenvalue weighted by atomic mass is 32.2. The molecule has 118 valence electrons. The highest BCUT2D eigenvalue weighted by molar-refractivity contribution is 7.99. The maximum Gasteiger partial charge on any atom is 0.244 e. The minimum atomic E-state index is -3.34. The largest absolute Gasteiger partial charge is 0.309 e. The summed E-state index contributed by atoms with van der Waals surface area (Å²) in [4.78, 5) is 2.55. The first-order chi connectivity index (χ1) is 9.98. The monoisotopic (exact) mass is 346 g/mol. The van der Waals surface area contributed by atoms with Gasteiger partial charge in [-0.2, -0.15) is 16.1 Å². The number of hydrogen-bond acceptors (Lipinski definition) is 5. The van der Waals surface area contributed by atoms with Crippen molar-refractivity contribution < 1.29 is 8.42 Å². The van der Waals surface area contributed by atoms with Crippen molar-refractivity contribution in [2.75, 3.05) is 18.1 Å². The topological polar surface area (TPSA) is 49.4 Å². The van der Waals surface area contributed by atoms with E-state index in [0.29, 0.717) is 17.5 Å². The lowest BCUT2D eigenvalue weighted by molar-refractivity contribution is 0.367. The lowest BCUT2D eigenvalue weighted by Crippen LogP contribution is -2.44. The SMILES string of the molecule is Cc1sc(CNC2CC2)cc1S(=O)(=O)N1CCSCC1C. The van der Waals surface area contributed by atoms with Crippen LogP contribution in [0.4, 0.5) is 0 Å². The van der Waals surface area contributed by atoms with Crippen molar-refractivity contribution in [1.82, 2.24) is 9.62 Å². The predicted octanol–water partition coefficient (Wildman–Crippen LogP) is 2.43. The fourth-order valence-electron chi connectivity index (χ4n) is 2.60. The highest BCUT2D eigenvalue weighted by Crippen LogP contribution is 2.31. The molecule has 1 aliphatic carbocycles. The molecule has 21 heavy (non-hydrogen) atoms. The van der Waals surface area contributed by atoms with Gasteiger partial charge in [-0.3, -0.25) is 0 Å². The number of rotatable bonds is 5. The molecule has 0 spiro atoms. The van der Waals surface area contributed by atoms with Gasteiger partial charge in [-0.05, 0) is 32.8 Å². The van der Waals surface area contributed by atoms with Crippen molar-refractivity contribution in [3.05, 3.63) is 15.8 Å². The van der Waals surface area contributed by atoms with Gasteiger partial charge in [-0.25, -0.2) is 8.42 Å². The Morgan fingerprint density at radius 2 is 2.19 bits per heavy atom. The molecule has 1 aliphatic heterocycles. The molecule has 2 heterocycles. The van der Waals surface area contributed by atoms with E-state index in [9.17, 15) is 8.42 Å². The van der Waals surface area contributed by atoms with Crippen LogP contribution < -0.4 is 5.32 Å². The molecule has 1 aromatic rings. The van der Waals surface area contributed by atoms with Crippen molar-refractivity contribution in [3.8, 4) is 0 Å². The van der Waals surface area contributed by atoms with E-state index in [-0.39, 0.29) is 6.04 Å². The maximum absolute atomic E-state index is 12.9. The van der Waals surface area contributed by atoms with Gasteiger partial charge in [0.1, 0.15) is 0 Å². The Labute approximate surface area is 135 Å². The Balaban J connectivity index is 1.80. The molecule has 0 radical (unpaired) electrons. The summed E-state index contributed by atoms with van der Waals surface area (Å²) in [6.07, 6.45) is 2.50. The Hall–Kier alpha value is -0.0800. The first kappa shape index (κ1) is 15.8. The van der Waals surface area contributed by atoms with Crippen LogP contribution in [0, 0.1) is 6.92 Å². The van der Waals surface area contributed by atoms with Crippen molar-refractivity contribution >= 4 is 33.1 Å². The summed E-state index contributed by atoms with van der Waals surface area (Å²) in [6.45, 7) is 5.33. The van der Waals surface area contributed by atoms with E-state index < -0.39 is 10.0 Å². The average Bonchev–Trinajstić information content (AvgIpc) is 3.19. The van der Waals surface area contributed by atoms with Crippen LogP contribution >= 0.6 is 23.1 Å². The molecule has 4 nitrogen and oxygen atoms in total. The van der Waals surface area contributed by atoms with Crippen LogP contribution in [-0.2, 0) is 16.6 Å². The van der Waals surface area contributed by atoms with Crippen LogP contribution in [0.1, 0.15) is 29.5 Å². The molecule has 1 saturated carbocycles. The Morgan fingerprint density at radius 1 is 1.43 bits per heavy atom. The van der Waals surface area contributed by atoms with E-state index in [1.165, 1.54) is 12.8 Å². The van der Waals surface area contributed by atoms with Gasteiger partial charge >= 0.3 is 0 Å². The molecular formula is C14H22N2O2S3. The minimum absolute atomic E-state index is 0.0843. The highest BCUT2D eigenvalue weighted by Gasteiger charge is 2.33. The van der Waals surface area contributed by atoms with E-state index in [0.717, 1.165) is 27.8 Å². The lowest BCUT2D eigenvalue weighted by atomic mass is 10.4. The van der Waals surface area contributed by atoms with Crippen LogP contribution in [0.3, 0.4) is 0 Å². The zero-order valence-corrected chi connectivity index (χ0v) is 14.9. The summed E-state index contributed by atoms with van der Waals surface area (Å²) in [6, 6.07) is 2.60. The number of sulfonamides is 1.